The number of allylic oxidation sites excluding steroid dienone is 4. The third-order valence-corrected chi connectivity index (χ3v) is 10.0. The molecule has 1 N–H and O–H groups in total. The SMILES string of the molecule is CCCCCCCC/C=C\CCCCCCCC(=O)OCCN1CCN(CCO)C1C(=O)CCCCCCC/C=C\CCCCCCCC. The molecular weight excluding hydrogens is 608 g/mol. The molecule has 0 aromatic rings. The number of carbonyl (C=O) groups is 2. The summed E-state index contributed by atoms with van der Waals surface area (Å²) in [5.74, 6) is 0.114. The molecule has 6 heteroatoms. The summed E-state index contributed by atoms with van der Waals surface area (Å²) in [4.78, 5) is 29.8. The van der Waals surface area contributed by atoms with E-state index in [1.54, 1.807) is 0 Å². The minimum absolute atomic E-state index is 0.0516. The number of unbranched alkanes of at least 4 members (excludes halogenated alkanes) is 22. The second-order valence-electron chi connectivity index (χ2n) is 14.5. The van der Waals surface area contributed by atoms with E-state index in [1.807, 2.05) is 0 Å². The lowest BCUT2D eigenvalue weighted by Crippen LogP contribution is -2.47. The van der Waals surface area contributed by atoms with E-state index in [9.17, 15) is 14.7 Å². The van der Waals surface area contributed by atoms with E-state index in [-0.39, 0.29) is 24.5 Å². The van der Waals surface area contributed by atoms with Crippen molar-refractivity contribution in [3.8, 4) is 0 Å². The summed E-state index contributed by atoms with van der Waals surface area (Å²) in [6, 6.07) is 0. The lowest BCUT2D eigenvalue weighted by Gasteiger charge is -2.28. The Balaban J connectivity index is 2.09. The number of nitrogens with zero attached hydrogens (tertiary/aromatic N) is 2. The number of carbonyl (C=O) groups excluding carboxylic acids is 2. The standard InChI is InChI=1S/C43H80N2O4/c1-3-5-7-9-11-13-15-17-19-21-23-25-27-29-31-33-41(47)43-44(37-39-46)35-36-45(43)38-40-49-42(48)34-32-30-28-26-24-22-20-18-16-14-12-10-8-6-4-2/h17-20,43,46H,3-16,21-40H2,1-2H3/b19-17-,20-18-. The molecule has 1 heterocycles. The van der Waals surface area contributed by atoms with Crippen molar-refractivity contribution in [2.75, 3.05) is 39.4 Å². The summed E-state index contributed by atoms with van der Waals surface area (Å²) in [7, 11) is 0. The van der Waals surface area contributed by atoms with Crippen LogP contribution in [-0.2, 0) is 14.3 Å². The molecular formula is C43H80N2O4. The van der Waals surface area contributed by atoms with Crippen LogP contribution in [0.4, 0.5) is 0 Å². The van der Waals surface area contributed by atoms with Gasteiger partial charge in [0.2, 0.25) is 0 Å². The second kappa shape index (κ2) is 34.9. The topological polar surface area (TPSA) is 70.1 Å². The van der Waals surface area contributed by atoms with Crippen LogP contribution >= 0.6 is 0 Å². The zero-order valence-electron chi connectivity index (χ0n) is 32.5. The van der Waals surface area contributed by atoms with Gasteiger partial charge in [0.25, 0.3) is 0 Å². The molecule has 0 bridgehead atoms. The highest BCUT2D eigenvalue weighted by Gasteiger charge is 2.36. The number of aliphatic hydroxyl groups excluding tert-OH is 1. The minimum Gasteiger partial charge on any atom is -0.464 e. The summed E-state index contributed by atoms with van der Waals surface area (Å²) in [5, 5.41) is 9.56. The Bertz CT molecular complexity index is 814. The number of ether oxygens (including phenoxy) is 1. The molecule has 0 aromatic heterocycles. The van der Waals surface area contributed by atoms with Crippen LogP contribution in [0.2, 0.25) is 0 Å². The van der Waals surface area contributed by atoms with E-state index in [0.29, 0.717) is 32.5 Å². The quantitative estimate of drug-likeness (QED) is 0.0401. The number of aliphatic hydroxyl groups is 1. The Hall–Kier alpha value is -1.50. The summed E-state index contributed by atoms with van der Waals surface area (Å²) in [5.41, 5.74) is 0. The molecule has 49 heavy (non-hydrogen) atoms. The van der Waals surface area contributed by atoms with Gasteiger partial charge < -0.3 is 9.84 Å². The molecule has 6 nitrogen and oxygen atoms in total. The second-order valence-corrected chi connectivity index (χ2v) is 14.5. The Morgan fingerprint density at radius 2 is 0.939 bits per heavy atom. The highest BCUT2D eigenvalue weighted by Crippen LogP contribution is 2.19. The number of hydrogen-bond acceptors (Lipinski definition) is 6. The van der Waals surface area contributed by atoms with Crippen molar-refractivity contribution in [1.29, 1.82) is 0 Å². The predicted molar refractivity (Wildman–Crippen MR) is 209 cm³/mol. The number of esters is 1. The fraction of sp³-hybridized carbons (Fsp3) is 0.860. The van der Waals surface area contributed by atoms with Crippen molar-refractivity contribution in [2.24, 2.45) is 0 Å². The molecule has 1 rings (SSSR count). The summed E-state index contributed by atoms with van der Waals surface area (Å²) in [6.45, 7) is 7.54. The van der Waals surface area contributed by atoms with Gasteiger partial charge in [0.15, 0.2) is 5.78 Å². The highest BCUT2D eigenvalue weighted by atomic mass is 16.5. The zero-order chi connectivity index (χ0) is 35.5. The fourth-order valence-corrected chi connectivity index (χ4v) is 6.92. The van der Waals surface area contributed by atoms with Crippen molar-refractivity contribution < 1.29 is 19.4 Å². The summed E-state index contributed by atoms with van der Waals surface area (Å²) < 4.78 is 5.56. The monoisotopic (exact) mass is 689 g/mol. The maximum Gasteiger partial charge on any atom is 0.305 e. The zero-order valence-corrected chi connectivity index (χ0v) is 32.5. The Morgan fingerprint density at radius 3 is 1.39 bits per heavy atom. The Kier molecular flexibility index (Phi) is 32.4. The lowest BCUT2D eigenvalue weighted by atomic mass is 10.1. The number of rotatable bonds is 36. The van der Waals surface area contributed by atoms with Gasteiger partial charge in [-0.3, -0.25) is 19.4 Å². The normalized spacial score (nSPS) is 15.7. The average molecular weight is 689 g/mol. The van der Waals surface area contributed by atoms with Crippen LogP contribution in [0.1, 0.15) is 194 Å². The van der Waals surface area contributed by atoms with Crippen LogP contribution in [-0.4, -0.2) is 72.2 Å². The van der Waals surface area contributed by atoms with Crippen LogP contribution < -0.4 is 0 Å². The third-order valence-electron chi connectivity index (χ3n) is 10.0. The van der Waals surface area contributed by atoms with E-state index < -0.39 is 0 Å². The molecule has 1 saturated heterocycles. The first-order chi connectivity index (χ1) is 24.1. The lowest BCUT2D eigenvalue weighted by molar-refractivity contribution is -0.144. The smallest absolute Gasteiger partial charge is 0.305 e. The Morgan fingerprint density at radius 1 is 0.551 bits per heavy atom. The van der Waals surface area contributed by atoms with Gasteiger partial charge in [-0.2, -0.15) is 0 Å². The molecule has 0 radical (unpaired) electrons. The molecule has 0 aliphatic carbocycles. The van der Waals surface area contributed by atoms with Crippen LogP contribution in [0.3, 0.4) is 0 Å². The molecule has 1 fully saturated rings. The minimum atomic E-state index is -0.298. The van der Waals surface area contributed by atoms with E-state index in [4.69, 9.17) is 4.74 Å². The molecule has 0 saturated carbocycles. The average Bonchev–Trinajstić information content (AvgIpc) is 3.50. The molecule has 1 aliphatic heterocycles. The van der Waals surface area contributed by atoms with Gasteiger partial charge in [-0.15, -0.1) is 0 Å². The first-order valence-electron chi connectivity index (χ1n) is 21.2. The summed E-state index contributed by atoms with van der Waals surface area (Å²) in [6.07, 6.45) is 42.6. The van der Waals surface area contributed by atoms with Crippen LogP contribution in [0, 0.1) is 0 Å². The first kappa shape index (κ1) is 45.5. The number of β-amino-alcohol motifs (C(OH)–C–C–N with tert-alkyl or cyclic N) is 1. The molecule has 1 atom stereocenters. The van der Waals surface area contributed by atoms with Gasteiger partial charge in [0.1, 0.15) is 12.8 Å². The van der Waals surface area contributed by atoms with Gasteiger partial charge in [-0.25, -0.2) is 0 Å². The molecule has 0 amide bonds. The van der Waals surface area contributed by atoms with Crippen LogP contribution in [0.15, 0.2) is 24.3 Å². The van der Waals surface area contributed by atoms with Crippen molar-refractivity contribution in [3.05, 3.63) is 24.3 Å². The van der Waals surface area contributed by atoms with Crippen molar-refractivity contribution in [2.45, 2.75) is 200 Å². The molecule has 0 aromatic carbocycles. The van der Waals surface area contributed by atoms with Crippen molar-refractivity contribution in [1.82, 2.24) is 9.80 Å². The van der Waals surface area contributed by atoms with Crippen LogP contribution in [0.5, 0.6) is 0 Å². The maximum atomic E-state index is 13.3. The van der Waals surface area contributed by atoms with Gasteiger partial charge in [-0.05, 0) is 64.2 Å². The predicted octanol–water partition coefficient (Wildman–Crippen LogP) is 11.1. The van der Waals surface area contributed by atoms with E-state index >= 15 is 0 Å². The van der Waals surface area contributed by atoms with Crippen molar-refractivity contribution >= 4 is 11.8 Å². The molecule has 286 valence electrons. The van der Waals surface area contributed by atoms with Gasteiger partial charge in [0.05, 0.1) is 6.61 Å². The van der Waals surface area contributed by atoms with E-state index in [1.165, 1.54) is 141 Å². The van der Waals surface area contributed by atoms with E-state index in [0.717, 1.165) is 38.8 Å². The van der Waals surface area contributed by atoms with E-state index in [2.05, 4.69) is 48.0 Å². The third kappa shape index (κ3) is 26.9. The molecule has 1 aliphatic rings. The van der Waals surface area contributed by atoms with Gasteiger partial charge in [0, 0.05) is 39.0 Å². The van der Waals surface area contributed by atoms with Gasteiger partial charge >= 0.3 is 5.97 Å². The first-order valence-corrected chi connectivity index (χ1v) is 21.2. The molecule has 0 spiro atoms. The summed E-state index contributed by atoms with van der Waals surface area (Å²) >= 11 is 0. The number of Topliss-reactive ketones (excluding diaryl/α,β-unsaturated/α-hetero) is 1. The maximum absolute atomic E-state index is 13.3. The number of ketones is 1. The highest BCUT2D eigenvalue weighted by molar-refractivity contribution is 5.83. The van der Waals surface area contributed by atoms with Crippen LogP contribution in [0.25, 0.3) is 0 Å². The Labute approximate surface area is 303 Å². The largest absolute Gasteiger partial charge is 0.464 e. The molecule has 1 unspecified atom stereocenters. The van der Waals surface area contributed by atoms with Crippen molar-refractivity contribution in [3.63, 3.8) is 0 Å². The fourth-order valence-electron chi connectivity index (χ4n) is 6.92. The number of hydrogen-bond donors (Lipinski definition) is 1. The van der Waals surface area contributed by atoms with Gasteiger partial charge in [-0.1, -0.05) is 141 Å².